The van der Waals surface area contributed by atoms with Crippen LogP contribution in [0.4, 0.5) is 0 Å². The van der Waals surface area contributed by atoms with Crippen molar-refractivity contribution in [1.29, 1.82) is 0 Å². The molecule has 0 fully saturated rings. The first-order chi connectivity index (χ1) is 35.0. The largest absolute Gasteiger partial charge is 0.462 e. The molecule has 0 aliphatic heterocycles. The number of unbranched alkanes of at least 4 members (excludes halogenated alkanes) is 20. The van der Waals surface area contributed by atoms with Crippen molar-refractivity contribution in [2.75, 3.05) is 13.2 Å². The lowest BCUT2D eigenvalue weighted by Gasteiger charge is -2.18. The molecule has 0 bridgehead atoms. The Morgan fingerprint density at radius 2 is 0.535 bits per heavy atom. The SMILES string of the molecule is CCCCC/C=C\C/C=C\C/C=C\C/C=C\C/C=C\CCC(=O)O[C@H](COC(=O)CCCCC/C=C\C/C=C\C/C=C\C/C=C\CCCCC)COC(=O)CCCCCCC/C=C\CCCCCCCC. The molecule has 0 saturated heterocycles. The summed E-state index contributed by atoms with van der Waals surface area (Å²) in [5.74, 6) is -1.05. The van der Waals surface area contributed by atoms with Crippen LogP contribution in [0.25, 0.3) is 0 Å². The average molecular weight is 984 g/mol. The Kier molecular flexibility index (Phi) is 54.9. The predicted octanol–water partition coefficient (Wildman–Crippen LogP) is 19.6. The summed E-state index contributed by atoms with van der Waals surface area (Å²) in [6.07, 6.45) is 80.5. The topological polar surface area (TPSA) is 78.9 Å². The third-order valence-corrected chi connectivity index (χ3v) is 11.9. The molecule has 1 atom stereocenters. The zero-order chi connectivity index (χ0) is 51.4. The predicted molar refractivity (Wildman–Crippen MR) is 306 cm³/mol. The van der Waals surface area contributed by atoms with Crippen LogP contribution >= 0.6 is 0 Å². The van der Waals surface area contributed by atoms with Crippen LogP contribution in [0.15, 0.2) is 122 Å². The fraction of sp³-hybridized carbons (Fsp3) is 0.646. The molecule has 0 aliphatic carbocycles. The van der Waals surface area contributed by atoms with E-state index in [0.717, 1.165) is 103 Å². The van der Waals surface area contributed by atoms with Crippen molar-refractivity contribution >= 4 is 17.9 Å². The first-order valence-corrected chi connectivity index (χ1v) is 29.0. The molecule has 6 heteroatoms. The van der Waals surface area contributed by atoms with Gasteiger partial charge in [0.2, 0.25) is 0 Å². The molecule has 0 aromatic carbocycles. The van der Waals surface area contributed by atoms with E-state index in [1.165, 1.54) is 103 Å². The normalized spacial score (nSPS) is 13.0. The first-order valence-electron chi connectivity index (χ1n) is 29.0. The van der Waals surface area contributed by atoms with Gasteiger partial charge in [-0.05, 0) is 128 Å². The summed E-state index contributed by atoms with van der Waals surface area (Å²) in [6, 6.07) is 0. The monoisotopic (exact) mass is 983 g/mol. The number of rotatable bonds is 51. The van der Waals surface area contributed by atoms with Crippen LogP contribution in [0, 0.1) is 0 Å². The molecule has 0 spiro atoms. The molecule has 0 unspecified atom stereocenters. The van der Waals surface area contributed by atoms with Gasteiger partial charge in [0.05, 0.1) is 0 Å². The molecular weight excluding hydrogens is 877 g/mol. The van der Waals surface area contributed by atoms with E-state index in [-0.39, 0.29) is 31.6 Å². The smallest absolute Gasteiger partial charge is 0.306 e. The van der Waals surface area contributed by atoms with E-state index >= 15 is 0 Å². The highest BCUT2D eigenvalue weighted by atomic mass is 16.6. The molecule has 0 aromatic heterocycles. The van der Waals surface area contributed by atoms with Gasteiger partial charge in [-0.25, -0.2) is 0 Å². The minimum atomic E-state index is -0.838. The maximum absolute atomic E-state index is 12.8. The van der Waals surface area contributed by atoms with Crippen molar-refractivity contribution in [2.24, 2.45) is 0 Å². The van der Waals surface area contributed by atoms with Gasteiger partial charge in [-0.1, -0.05) is 226 Å². The van der Waals surface area contributed by atoms with E-state index in [9.17, 15) is 14.4 Å². The highest BCUT2D eigenvalue weighted by Gasteiger charge is 2.19. The lowest BCUT2D eigenvalue weighted by Crippen LogP contribution is -2.30. The van der Waals surface area contributed by atoms with Crippen molar-refractivity contribution in [3.63, 3.8) is 0 Å². The van der Waals surface area contributed by atoms with Crippen LogP contribution in [0.5, 0.6) is 0 Å². The van der Waals surface area contributed by atoms with Gasteiger partial charge < -0.3 is 14.2 Å². The van der Waals surface area contributed by atoms with Gasteiger partial charge in [-0.2, -0.15) is 0 Å². The van der Waals surface area contributed by atoms with Crippen LogP contribution in [0.2, 0.25) is 0 Å². The van der Waals surface area contributed by atoms with Gasteiger partial charge in [-0.15, -0.1) is 0 Å². The number of carbonyl (C=O) groups excluding carboxylic acids is 3. The maximum Gasteiger partial charge on any atom is 0.306 e. The van der Waals surface area contributed by atoms with Crippen LogP contribution in [-0.2, 0) is 28.6 Å². The van der Waals surface area contributed by atoms with E-state index in [0.29, 0.717) is 19.3 Å². The lowest BCUT2D eigenvalue weighted by molar-refractivity contribution is -0.166. The maximum atomic E-state index is 12.8. The molecule has 0 aliphatic rings. The summed E-state index contributed by atoms with van der Waals surface area (Å²) in [7, 11) is 0. The van der Waals surface area contributed by atoms with Crippen molar-refractivity contribution < 1.29 is 28.6 Å². The van der Waals surface area contributed by atoms with Gasteiger partial charge in [0, 0.05) is 19.3 Å². The average Bonchev–Trinajstić information content (AvgIpc) is 3.37. The zero-order valence-corrected chi connectivity index (χ0v) is 45.9. The summed E-state index contributed by atoms with van der Waals surface area (Å²) in [5.41, 5.74) is 0. The fourth-order valence-corrected chi connectivity index (χ4v) is 7.52. The van der Waals surface area contributed by atoms with Crippen LogP contribution < -0.4 is 0 Å². The van der Waals surface area contributed by atoms with E-state index in [4.69, 9.17) is 14.2 Å². The molecule has 6 nitrogen and oxygen atoms in total. The molecule has 0 rings (SSSR count). The summed E-state index contributed by atoms with van der Waals surface area (Å²) in [6.45, 7) is 6.48. The molecule has 0 amide bonds. The number of hydrogen-bond acceptors (Lipinski definition) is 6. The second-order valence-corrected chi connectivity index (χ2v) is 18.8. The lowest BCUT2D eigenvalue weighted by atomic mass is 10.1. The highest BCUT2D eigenvalue weighted by molar-refractivity contribution is 5.71. The van der Waals surface area contributed by atoms with Crippen LogP contribution in [-0.4, -0.2) is 37.2 Å². The van der Waals surface area contributed by atoms with E-state index in [1.807, 2.05) is 12.2 Å². The Balaban J connectivity index is 4.59. The van der Waals surface area contributed by atoms with Gasteiger partial charge in [-0.3, -0.25) is 14.4 Å². The number of carbonyl (C=O) groups is 3. The Labute approximate surface area is 437 Å². The molecule has 0 heterocycles. The quantitative estimate of drug-likeness (QED) is 0.0261. The van der Waals surface area contributed by atoms with E-state index < -0.39 is 12.1 Å². The second kappa shape index (κ2) is 58.4. The summed E-state index contributed by atoms with van der Waals surface area (Å²) in [4.78, 5) is 38.1. The van der Waals surface area contributed by atoms with Crippen molar-refractivity contribution in [3.8, 4) is 0 Å². The number of ether oxygens (including phenoxy) is 3. The Morgan fingerprint density at radius 3 is 0.901 bits per heavy atom. The molecule has 0 aromatic rings. The fourth-order valence-electron chi connectivity index (χ4n) is 7.52. The number of hydrogen-bond donors (Lipinski definition) is 0. The van der Waals surface area contributed by atoms with Crippen molar-refractivity contribution in [2.45, 2.75) is 258 Å². The van der Waals surface area contributed by atoms with Gasteiger partial charge in [0.15, 0.2) is 6.10 Å². The second-order valence-electron chi connectivity index (χ2n) is 18.8. The standard InChI is InChI=1S/C65H106O6/c1-4-7-10-13-16-19-22-25-28-30-32-34-37-40-43-46-49-52-55-58-64(67)70-61-62(60-69-63(66)57-54-51-48-45-42-39-36-27-24-21-18-15-12-9-6-3)71-65(68)59-56-53-50-47-44-41-38-35-33-31-29-26-23-20-17-14-11-8-5-2/h16-17,19-20,25-29,32-36,40-41,43-44,50,53,62H,4-15,18,21-24,30-31,37-39,42,45-49,51-52,54-61H2,1-3H3/b19-16-,20-17-,28-25-,29-26-,34-32-,35-33-,36-27-,43-40-,44-41-,53-50-/t62-/m0/s1. The minimum absolute atomic E-state index is 0.125. The van der Waals surface area contributed by atoms with Gasteiger partial charge in [0.1, 0.15) is 13.2 Å². The Hall–Kier alpha value is -4.19. The van der Waals surface area contributed by atoms with Crippen molar-refractivity contribution in [1.82, 2.24) is 0 Å². The van der Waals surface area contributed by atoms with Crippen LogP contribution in [0.3, 0.4) is 0 Å². The minimum Gasteiger partial charge on any atom is -0.462 e. The van der Waals surface area contributed by atoms with Crippen LogP contribution in [0.1, 0.15) is 252 Å². The van der Waals surface area contributed by atoms with Gasteiger partial charge in [0.25, 0.3) is 0 Å². The molecule has 71 heavy (non-hydrogen) atoms. The van der Waals surface area contributed by atoms with E-state index in [1.54, 1.807) is 0 Å². The molecule has 0 saturated carbocycles. The van der Waals surface area contributed by atoms with E-state index in [2.05, 4.69) is 130 Å². The Bertz CT molecular complexity index is 1500. The summed E-state index contributed by atoms with van der Waals surface area (Å²) in [5, 5.41) is 0. The van der Waals surface area contributed by atoms with Gasteiger partial charge >= 0.3 is 17.9 Å². The molecular formula is C65H106O6. The number of allylic oxidation sites excluding steroid dienone is 20. The first kappa shape index (κ1) is 66.8. The molecule has 402 valence electrons. The van der Waals surface area contributed by atoms with Crippen molar-refractivity contribution in [3.05, 3.63) is 122 Å². The highest BCUT2D eigenvalue weighted by Crippen LogP contribution is 2.12. The summed E-state index contributed by atoms with van der Waals surface area (Å²) < 4.78 is 16.8. The third kappa shape index (κ3) is 56.6. The Morgan fingerprint density at radius 1 is 0.282 bits per heavy atom. The number of esters is 3. The summed E-state index contributed by atoms with van der Waals surface area (Å²) >= 11 is 0. The molecule has 0 radical (unpaired) electrons. The third-order valence-electron chi connectivity index (χ3n) is 11.9. The molecule has 0 N–H and O–H groups in total. The zero-order valence-electron chi connectivity index (χ0n) is 45.9.